The molecule has 0 saturated heterocycles. The van der Waals surface area contributed by atoms with Crippen LogP contribution in [0.1, 0.15) is 0 Å². The number of aryl methyl sites for hydroxylation is 2. The highest BCUT2D eigenvalue weighted by atomic mass is 16.5. The summed E-state index contributed by atoms with van der Waals surface area (Å²) < 4.78 is 9.06. The van der Waals surface area contributed by atoms with Crippen molar-refractivity contribution in [3.05, 3.63) is 49.2 Å². The molecule has 0 radical (unpaired) electrons. The number of methoxy groups -OCH3 is 1. The molecule has 2 aromatic heterocycles. The van der Waals surface area contributed by atoms with E-state index in [2.05, 4.69) is 25.8 Å². The number of hydrogen-bond acceptors (Lipinski definition) is 8. The van der Waals surface area contributed by atoms with Crippen LogP contribution < -0.4 is 15.4 Å². The number of nitrogens with zero attached hydrogens (tertiary/aromatic N) is 7. The molecule has 0 amide bonds. The number of nitrogens with one attached hydrogen (secondary N) is 2. The van der Waals surface area contributed by atoms with Gasteiger partial charge in [-0.1, -0.05) is 6.07 Å². The Labute approximate surface area is 168 Å². The second kappa shape index (κ2) is 7.66. The predicted octanol–water partition coefficient (Wildman–Crippen LogP) is 1.89. The fourth-order valence-electron chi connectivity index (χ4n) is 3.02. The predicted molar refractivity (Wildman–Crippen MR) is 112 cm³/mol. The maximum absolute atomic E-state index is 5.66. The van der Waals surface area contributed by atoms with E-state index in [1.54, 1.807) is 29.0 Å². The Hall–Kier alpha value is -3.82. The van der Waals surface area contributed by atoms with Crippen LogP contribution in [0.3, 0.4) is 0 Å². The molecule has 1 aliphatic rings. The minimum Gasteiger partial charge on any atom is -0.494 e. The summed E-state index contributed by atoms with van der Waals surface area (Å²) in [4.78, 5) is 11.1. The van der Waals surface area contributed by atoms with Crippen LogP contribution in [0.4, 0.5) is 11.4 Å². The van der Waals surface area contributed by atoms with Crippen LogP contribution in [0.15, 0.2) is 54.2 Å². The van der Waals surface area contributed by atoms with Gasteiger partial charge in [0.2, 0.25) is 0 Å². The van der Waals surface area contributed by atoms with Gasteiger partial charge in [-0.2, -0.15) is 10.2 Å². The summed E-state index contributed by atoms with van der Waals surface area (Å²) in [6.07, 6.45) is 8.93. The molecular weight excluding hydrogens is 370 g/mol. The van der Waals surface area contributed by atoms with Gasteiger partial charge in [0, 0.05) is 33.5 Å². The maximum Gasteiger partial charge on any atom is 0.198 e. The van der Waals surface area contributed by atoms with Crippen molar-refractivity contribution in [3.8, 4) is 17.1 Å². The zero-order chi connectivity index (χ0) is 20.4. The average Bonchev–Trinajstić information content (AvgIpc) is 3.32. The van der Waals surface area contributed by atoms with Gasteiger partial charge in [-0.05, 0) is 18.2 Å². The molecule has 1 aliphatic heterocycles. The van der Waals surface area contributed by atoms with Crippen molar-refractivity contribution < 1.29 is 4.74 Å². The molecule has 1 atom stereocenters. The average molecular weight is 393 g/mol. The number of ether oxygens (including phenoxy) is 1. The lowest BCUT2D eigenvalue weighted by Gasteiger charge is -2.28. The van der Waals surface area contributed by atoms with Crippen LogP contribution in [-0.4, -0.2) is 55.7 Å². The van der Waals surface area contributed by atoms with Crippen LogP contribution in [0.25, 0.3) is 11.4 Å². The number of rotatable bonds is 5. The number of aliphatic imine (C=N–C) groups is 1. The first-order chi connectivity index (χ1) is 14.0. The monoisotopic (exact) mass is 393 g/mol. The van der Waals surface area contributed by atoms with E-state index in [-0.39, 0.29) is 6.29 Å². The maximum atomic E-state index is 5.66. The van der Waals surface area contributed by atoms with Gasteiger partial charge in [-0.25, -0.2) is 9.98 Å². The third-order valence-electron chi connectivity index (χ3n) is 4.44. The molecule has 2 N–H and O–H groups in total. The number of anilines is 2. The molecule has 0 aliphatic carbocycles. The Balaban J connectivity index is 1.59. The van der Waals surface area contributed by atoms with E-state index >= 15 is 0 Å². The van der Waals surface area contributed by atoms with E-state index in [9.17, 15) is 0 Å². The highest BCUT2D eigenvalue weighted by molar-refractivity contribution is 6.05. The smallest absolute Gasteiger partial charge is 0.198 e. The van der Waals surface area contributed by atoms with E-state index in [1.165, 1.54) is 0 Å². The highest BCUT2D eigenvalue weighted by Gasteiger charge is 2.19. The zero-order valence-electron chi connectivity index (χ0n) is 16.7. The van der Waals surface area contributed by atoms with Gasteiger partial charge in [0.25, 0.3) is 0 Å². The van der Waals surface area contributed by atoms with Crippen LogP contribution in [0, 0.1) is 0 Å². The van der Waals surface area contributed by atoms with Crippen molar-refractivity contribution in [2.24, 2.45) is 19.1 Å². The van der Waals surface area contributed by atoms with E-state index in [1.807, 2.05) is 62.7 Å². The van der Waals surface area contributed by atoms with Crippen LogP contribution >= 0.6 is 0 Å². The Morgan fingerprint density at radius 3 is 2.69 bits per heavy atom. The van der Waals surface area contributed by atoms with Crippen molar-refractivity contribution >= 4 is 17.2 Å². The van der Waals surface area contributed by atoms with E-state index in [0.717, 1.165) is 16.9 Å². The summed E-state index contributed by atoms with van der Waals surface area (Å²) in [7, 11) is 7.30. The van der Waals surface area contributed by atoms with Crippen molar-refractivity contribution in [2.45, 2.75) is 6.29 Å². The second-order valence-corrected chi connectivity index (χ2v) is 6.67. The zero-order valence-corrected chi connectivity index (χ0v) is 16.7. The molecule has 1 unspecified atom stereocenters. The molecule has 10 heteroatoms. The molecule has 0 spiro atoms. The molecule has 0 saturated carbocycles. The van der Waals surface area contributed by atoms with Gasteiger partial charge in [0.15, 0.2) is 17.9 Å². The highest BCUT2D eigenvalue weighted by Crippen LogP contribution is 2.34. The number of hydrogen-bond donors (Lipinski definition) is 2. The number of para-hydroxylation sites is 1. The Morgan fingerprint density at radius 1 is 1.14 bits per heavy atom. The third-order valence-corrected chi connectivity index (χ3v) is 4.44. The minimum atomic E-state index is -0.265. The van der Waals surface area contributed by atoms with E-state index in [4.69, 9.17) is 9.73 Å². The SMILES string of the molecule is COc1c(NC2=NC(Nc3cnn(C)c3)N(C)C=C2)cccc1-c1ncn(C)n1. The second-order valence-electron chi connectivity index (χ2n) is 6.67. The van der Waals surface area contributed by atoms with Gasteiger partial charge in [0.05, 0.1) is 30.2 Å². The fourth-order valence-corrected chi connectivity index (χ4v) is 3.02. The van der Waals surface area contributed by atoms with Crippen molar-refractivity contribution in [3.63, 3.8) is 0 Å². The van der Waals surface area contributed by atoms with Crippen LogP contribution in [0.2, 0.25) is 0 Å². The molecule has 0 bridgehead atoms. The van der Waals surface area contributed by atoms with Crippen molar-refractivity contribution in [2.75, 3.05) is 24.8 Å². The molecule has 150 valence electrons. The summed E-state index contributed by atoms with van der Waals surface area (Å²) >= 11 is 0. The van der Waals surface area contributed by atoms with Crippen LogP contribution in [0.5, 0.6) is 5.75 Å². The van der Waals surface area contributed by atoms with E-state index in [0.29, 0.717) is 17.4 Å². The molecule has 29 heavy (non-hydrogen) atoms. The summed E-state index contributed by atoms with van der Waals surface area (Å²) in [5, 5.41) is 15.3. The lowest BCUT2D eigenvalue weighted by molar-refractivity contribution is 0.368. The third kappa shape index (κ3) is 3.91. The summed E-state index contributed by atoms with van der Waals surface area (Å²) in [6.45, 7) is 0. The number of aromatic nitrogens is 5. The molecule has 0 fully saturated rings. The fraction of sp³-hybridized carbons (Fsp3) is 0.263. The van der Waals surface area contributed by atoms with Gasteiger partial charge in [-0.15, -0.1) is 0 Å². The van der Waals surface area contributed by atoms with Crippen LogP contribution in [-0.2, 0) is 14.1 Å². The largest absolute Gasteiger partial charge is 0.494 e. The normalized spacial score (nSPS) is 15.9. The van der Waals surface area contributed by atoms with Gasteiger partial charge >= 0.3 is 0 Å². The number of amidine groups is 1. The first kappa shape index (κ1) is 18.5. The van der Waals surface area contributed by atoms with Gasteiger partial charge < -0.3 is 20.3 Å². The lowest BCUT2D eigenvalue weighted by atomic mass is 10.1. The minimum absolute atomic E-state index is 0.265. The lowest BCUT2D eigenvalue weighted by Crippen LogP contribution is -2.37. The number of benzene rings is 1. The topological polar surface area (TPSA) is 97.4 Å². The summed E-state index contributed by atoms with van der Waals surface area (Å²) in [5.41, 5.74) is 2.48. The first-order valence-corrected chi connectivity index (χ1v) is 9.06. The van der Waals surface area contributed by atoms with Crippen molar-refractivity contribution in [1.29, 1.82) is 0 Å². The Morgan fingerprint density at radius 2 is 2.00 bits per heavy atom. The van der Waals surface area contributed by atoms with E-state index < -0.39 is 0 Å². The quantitative estimate of drug-likeness (QED) is 0.683. The molecule has 10 nitrogen and oxygen atoms in total. The molecule has 3 heterocycles. The van der Waals surface area contributed by atoms with Gasteiger partial charge in [0.1, 0.15) is 12.2 Å². The standard InChI is InChI=1S/C19H23N9O/c1-26-9-8-16(24-19(26)22-13-10-21-27(2)11-13)23-15-7-5-6-14(17(15)29-4)18-20-12-28(3)25-18/h5-12,19,22H,1-4H3,(H,23,24). The Kier molecular flexibility index (Phi) is 4.90. The molecule has 3 aromatic rings. The first-order valence-electron chi connectivity index (χ1n) is 9.06. The summed E-state index contributed by atoms with van der Waals surface area (Å²) in [6, 6.07) is 5.79. The Bertz CT molecular complexity index is 1070. The molecule has 1 aromatic carbocycles. The molecule has 4 rings (SSSR count). The molecular formula is C19H23N9O. The van der Waals surface area contributed by atoms with Gasteiger partial charge in [-0.3, -0.25) is 9.36 Å². The summed E-state index contributed by atoms with van der Waals surface area (Å²) in [5.74, 6) is 1.96. The van der Waals surface area contributed by atoms with Crippen molar-refractivity contribution in [1.82, 2.24) is 29.4 Å².